The fourth-order valence-corrected chi connectivity index (χ4v) is 2.25. The van der Waals surface area contributed by atoms with Crippen LogP contribution in [0, 0.1) is 12.7 Å². The van der Waals surface area contributed by atoms with Crippen molar-refractivity contribution in [1.82, 2.24) is 4.98 Å². The molecule has 0 atom stereocenters. The quantitative estimate of drug-likeness (QED) is 0.742. The number of ether oxygens (including phenoxy) is 1. The molecule has 0 saturated carbocycles. The van der Waals surface area contributed by atoms with Crippen LogP contribution in [0.15, 0.2) is 48.5 Å². The Kier molecular flexibility index (Phi) is 3.44. The van der Waals surface area contributed by atoms with E-state index in [1.54, 1.807) is 6.07 Å². The van der Waals surface area contributed by atoms with Gasteiger partial charge < -0.3 is 10.5 Å². The van der Waals surface area contributed by atoms with E-state index in [0.717, 1.165) is 16.6 Å². The molecule has 0 unspecified atom stereocenters. The first-order valence-electron chi connectivity index (χ1n) is 6.66. The molecule has 3 aromatic rings. The molecule has 2 aromatic carbocycles. The summed E-state index contributed by atoms with van der Waals surface area (Å²) in [5, 5.41) is 1.01. The smallest absolute Gasteiger partial charge is 0.146 e. The van der Waals surface area contributed by atoms with Gasteiger partial charge >= 0.3 is 0 Å². The summed E-state index contributed by atoms with van der Waals surface area (Å²) in [6, 6.07) is 14.1. The summed E-state index contributed by atoms with van der Waals surface area (Å²) in [6.07, 6.45) is 0. The van der Waals surface area contributed by atoms with E-state index >= 15 is 0 Å². The molecule has 0 bridgehead atoms. The van der Waals surface area contributed by atoms with Crippen molar-refractivity contribution in [3.8, 4) is 5.75 Å². The normalized spacial score (nSPS) is 10.8. The third-order valence-electron chi connectivity index (χ3n) is 3.20. The first-order chi connectivity index (χ1) is 10.1. The summed E-state index contributed by atoms with van der Waals surface area (Å²) in [7, 11) is 0. The number of para-hydroxylation sites is 1. The van der Waals surface area contributed by atoms with Crippen LogP contribution in [-0.4, -0.2) is 4.98 Å². The van der Waals surface area contributed by atoms with Crippen LogP contribution in [0.1, 0.15) is 11.3 Å². The Morgan fingerprint density at radius 3 is 2.81 bits per heavy atom. The second-order valence-corrected chi connectivity index (χ2v) is 4.96. The Morgan fingerprint density at radius 2 is 2.00 bits per heavy atom. The van der Waals surface area contributed by atoms with Crippen LogP contribution in [0.25, 0.3) is 10.9 Å². The van der Waals surface area contributed by atoms with E-state index in [0.29, 0.717) is 17.0 Å². The average Bonchev–Trinajstić information content (AvgIpc) is 2.44. The van der Waals surface area contributed by atoms with E-state index in [-0.39, 0.29) is 12.4 Å². The summed E-state index contributed by atoms with van der Waals surface area (Å²) in [5.74, 6) is 0.319. The topological polar surface area (TPSA) is 48.1 Å². The van der Waals surface area contributed by atoms with Gasteiger partial charge in [0.1, 0.15) is 23.7 Å². The van der Waals surface area contributed by atoms with Crippen LogP contribution in [0.4, 0.5) is 10.1 Å². The highest BCUT2D eigenvalue weighted by Gasteiger charge is 2.05. The number of aromatic nitrogens is 1. The standard InChI is InChI=1S/C17H15FN2O/c1-11-5-6-13-3-2-4-16(17(13)20-11)21-10-12-7-14(18)9-15(19)8-12/h2-9H,10,19H2,1H3. The molecule has 0 aliphatic carbocycles. The summed E-state index contributed by atoms with van der Waals surface area (Å²) < 4.78 is 19.1. The largest absolute Gasteiger partial charge is 0.487 e. The molecule has 0 fully saturated rings. The molecule has 3 rings (SSSR count). The molecule has 0 saturated heterocycles. The third kappa shape index (κ3) is 2.94. The van der Waals surface area contributed by atoms with Crippen molar-refractivity contribution < 1.29 is 9.13 Å². The van der Waals surface area contributed by atoms with Gasteiger partial charge in [-0.15, -0.1) is 0 Å². The number of rotatable bonds is 3. The Bertz CT molecular complexity index is 782. The second-order valence-electron chi connectivity index (χ2n) is 4.96. The van der Waals surface area contributed by atoms with Crippen molar-refractivity contribution >= 4 is 16.6 Å². The van der Waals surface area contributed by atoms with E-state index in [9.17, 15) is 4.39 Å². The zero-order valence-corrected chi connectivity index (χ0v) is 11.6. The Hall–Kier alpha value is -2.62. The zero-order chi connectivity index (χ0) is 14.8. The number of nitrogens with zero attached hydrogens (tertiary/aromatic N) is 1. The van der Waals surface area contributed by atoms with Crippen molar-refractivity contribution in [3.63, 3.8) is 0 Å². The lowest BCUT2D eigenvalue weighted by molar-refractivity contribution is 0.309. The molecule has 2 N–H and O–H groups in total. The molecule has 4 heteroatoms. The minimum Gasteiger partial charge on any atom is -0.487 e. The Morgan fingerprint density at radius 1 is 1.14 bits per heavy atom. The van der Waals surface area contributed by atoms with Crippen LogP contribution in [0.3, 0.4) is 0 Å². The molecule has 21 heavy (non-hydrogen) atoms. The summed E-state index contributed by atoms with van der Waals surface area (Å²) in [4.78, 5) is 4.50. The molecule has 0 radical (unpaired) electrons. The third-order valence-corrected chi connectivity index (χ3v) is 3.20. The van der Waals surface area contributed by atoms with E-state index in [1.807, 2.05) is 37.3 Å². The van der Waals surface area contributed by atoms with E-state index in [1.165, 1.54) is 12.1 Å². The maximum atomic E-state index is 13.3. The fourth-order valence-electron chi connectivity index (χ4n) is 2.25. The van der Waals surface area contributed by atoms with Crippen LogP contribution >= 0.6 is 0 Å². The van der Waals surface area contributed by atoms with Gasteiger partial charge in [-0.05, 0) is 42.8 Å². The molecule has 1 aromatic heterocycles. The molecular weight excluding hydrogens is 267 g/mol. The predicted octanol–water partition coefficient (Wildman–Crippen LogP) is 3.84. The molecule has 3 nitrogen and oxygen atoms in total. The number of hydrogen-bond acceptors (Lipinski definition) is 3. The van der Waals surface area contributed by atoms with Gasteiger partial charge in [-0.1, -0.05) is 18.2 Å². The van der Waals surface area contributed by atoms with Gasteiger partial charge in [0, 0.05) is 16.8 Å². The molecule has 0 spiro atoms. The minimum absolute atomic E-state index is 0.247. The highest BCUT2D eigenvalue weighted by atomic mass is 19.1. The number of halogens is 1. The van der Waals surface area contributed by atoms with Gasteiger partial charge in [0.05, 0.1) is 0 Å². The van der Waals surface area contributed by atoms with Gasteiger partial charge in [-0.25, -0.2) is 9.37 Å². The maximum absolute atomic E-state index is 13.3. The number of hydrogen-bond donors (Lipinski definition) is 1. The average molecular weight is 282 g/mol. The molecular formula is C17H15FN2O. The van der Waals surface area contributed by atoms with Gasteiger partial charge in [0.15, 0.2) is 0 Å². The predicted molar refractivity (Wildman–Crippen MR) is 81.6 cm³/mol. The molecule has 106 valence electrons. The number of anilines is 1. The molecule has 0 aliphatic rings. The lowest BCUT2D eigenvalue weighted by atomic mass is 10.2. The van der Waals surface area contributed by atoms with E-state index < -0.39 is 0 Å². The zero-order valence-electron chi connectivity index (χ0n) is 11.6. The van der Waals surface area contributed by atoms with Crippen molar-refractivity contribution in [2.45, 2.75) is 13.5 Å². The van der Waals surface area contributed by atoms with Crippen molar-refractivity contribution in [2.24, 2.45) is 0 Å². The first kappa shape index (κ1) is 13.4. The van der Waals surface area contributed by atoms with Crippen molar-refractivity contribution in [2.75, 3.05) is 5.73 Å². The molecule has 0 aliphatic heterocycles. The number of pyridine rings is 1. The van der Waals surface area contributed by atoms with Crippen molar-refractivity contribution in [3.05, 3.63) is 65.6 Å². The number of aryl methyl sites for hydroxylation is 1. The minimum atomic E-state index is -0.361. The maximum Gasteiger partial charge on any atom is 0.146 e. The highest BCUT2D eigenvalue weighted by molar-refractivity contribution is 5.84. The van der Waals surface area contributed by atoms with Crippen LogP contribution < -0.4 is 10.5 Å². The summed E-state index contributed by atoms with van der Waals surface area (Å²) >= 11 is 0. The van der Waals surface area contributed by atoms with Crippen molar-refractivity contribution in [1.29, 1.82) is 0 Å². The van der Waals surface area contributed by atoms with Gasteiger partial charge in [-0.3, -0.25) is 0 Å². The van der Waals surface area contributed by atoms with E-state index in [2.05, 4.69) is 4.98 Å². The summed E-state index contributed by atoms with van der Waals surface area (Å²) in [5.41, 5.74) is 8.44. The van der Waals surface area contributed by atoms with Crippen LogP contribution in [0.2, 0.25) is 0 Å². The summed E-state index contributed by atoms with van der Waals surface area (Å²) in [6.45, 7) is 2.18. The number of fused-ring (bicyclic) bond motifs is 1. The monoisotopic (exact) mass is 282 g/mol. The number of nitrogen functional groups attached to an aromatic ring is 1. The van der Waals surface area contributed by atoms with Crippen LogP contribution in [-0.2, 0) is 6.61 Å². The number of benzene rings is 2. The Labute approximate surface area is 122 Å². The van der Waals surface area contributed by atoms with Crippen LogP contribution in [0.5, 0.6) is 5.75 Å². The van der Waals surface area contributed by atoms with E-state index in [4.69, 9.17) is 10.5 Å². The number of nitrogens with two attached hydrogens (primary N) is 1. The van der Waals surface area contributed by atoms with Gasteiger partial charge in [-0.2, -0.15) is 0 Å². The Balaban J connectivity index is 1.89. The molecule has 0 amide bonds. The molecule has 1 heterocycles. The first-order valence-corrected chi connectivity index (χ1v) is 6.66. The van der Waals surface area contributed by atoms with Gasteiger partial charge in [0.2, 0.25) is 0 Å². The fraction of sp³-hybridized carbons (Fsp3) is 0.118. The lowest BCUT2D eigenvalue weighted by Gasteiger charge is -2.10. The SMILES string of the molecule is Cc1ccc2cccc(OCc3cc(N)cc(F)c3)c2n1. The lowest BCUT2D eigenvalue weighted by Crippen LogP contribution is -1.99. The van der Waals surface area contributed by atoms with Gasteiger partial charge in [0.25, 0.3) is 0 Å². The highest BCUT2D eigenvalue weighted by Crippen LogP contribution is 2.25. The second kappa shape index (κ2) is 5.40.